The van der Waals surface area contributed by atoms with Gasteiger partial charge < -0.3 is 10.0 Å². The molecule has 0 unspecified atom stereocenters. The predicted octanol–water partition coefficient (Wildman–Crippen LogP) is 4.01. The Morgan fingerprint density at radius 2 is 1.21 bits per heavy atom. The number of carboxylic acid groups (broad SMARTS) is 1. The number of nitrogens with one attached hydrogen (secondary N) is 2. The van der Waals surface area contributed by atoms with Gasteiger partial charge in [-0.3, -0.25) is 38.4 Å². The molecule has 2 aromatic heterocycles. The second-order valence-electron chi connectivity index (χ2n) is 14.2. The Morgan fingerprint density at radius 1 is 0.714 bits per heavy atom. The number of benzene rings is 4. The summed E-state index contributed by atoms with van der Waals surface area (Å²) in [5.74, 6) is -2.35. The topological polar surface area (TPSA) is 171 Å². The fraction of sp³-hybridized carbons (Fsp3) is 0.268. The number of aromatic nitrogens is 4. The molecule has 1 amide bonds. The van der Waals surface area contributed by atoms with Gasteiger partial charge in [0.1, 0.15) is 11.6 Å². The van der Waals surface area contributed by atoms with E-state index in [1.54, 1.807) is 59.5 Å². The van der Waals surface area contributed by atoms with Gasteiger partial charge in [0.25, 0.3) is 17.0 Å². The smallest absolute Gasteiger partial charge is 0.338 e. The minimum Gasteiger partial charge on any atom is -0.478 e. The normalized spacial score (nSPS) is 15.8. The standard InChI is InChI=1S/C25H27FN4O3.C16H11FN2O4/c1-16-13-29(11-10-28(16)14-17-6-7-17)24(32)20-12-18(8-9-21(20)26)15-30-22-5-3-2-4-19(22)23(31)27-25(30)33;17-12-6-5-9(7-11(12)15(21)22)8-19-13-4-2-1-3-10(13)14(20)18-16(19)23/h2-5,8-9,12,16-17H,6-7,10-11,13-15H2,1H3,(H,27,31,33);1-7H,8H2,(H,21,22)(H,18,20,23)/t16-;/m0./s1. The van der Waals surface area contributed by atoms with Crippen LogP contribution in [0.3, 0.4) is 0 Å². The highest BCUT2D eigenvalue weighted by Gasteiger charge is 2.32. The van der Waals surface area contributed by atoms with Crippen LogP contribution in [0.4, 0.5) is 8.78 Å². The Morgan fingerprint density at radius 3 is 1.71 bits per heavy atom. The van der Waals surface area contributed by atoms with E-state index < -0.39 is 45.7 Å². The number of nitrogens with zero attached hydrogens (tertiary/aromatic N) is 4. The van der Waals surface area contributed by atoms with Crippen molar-refractivity contribution in [3.8, 4) is 0 Å². The molecule has 3 heterocycles. The van der Waals surface area contributed by atoms with E-state index in [0.717, 1.165) is 25.1 Å². The first-order valence-corrected chi connectivity index (χ1v) is 18.1. The van der Waals surface area contributed by atoms with Crippen molar-refractivity contribution in [3.63, 3.8) is 0 Å². The van der Waals surface area contributed by atoms with E-state index in [4.69, 9.17) is 5.11 Å². The summed E-state index contributed by atoms with van der Waals surface area (Å²) in [6, 6.07) is 21.6. The molecule has 56 heavy (non-hydrogen) atoms. The quantitative estimate of drug-likeness (QED) is 0.209. The van der Waals surface area contributed by atoms with Crippen LogP contribution in [-0.2, 0) is 13.1 Å². The summed E-state index contributed by atoms with van der Waals surface area (Å²) < 4.78 is 30.9. The SMILES string of the molecule is C[C@H]1CN(C(=O)c2cc(Cn3c(=O)[nH]c(=O)c4ccccc43)ccc2F)CCN1CC1CC1.O=C(O)c1cc(Cn2c(=O)[nH]c(=O)c3ccccc32)ccc1F. The Balaban J connectivity index is 0.000000183. The van der Waals surface area contributed by atoms with Gasteiger partial charge in [-0.05, 0) is 85.3 Å². The fourth-order valence-electron chi connectivity index (χ4n) is 7.09. The largest absolute Gasteiger partial charge is 0.478 e. The van der Waals surface area contributed by atoms with Crippen LogP contribution in [0.1, 0.15) is 51.6 Å². The van der Waals surface area contributed by atoms with Crippen molar-refractivity contribution in [3.05, 3.63) is 160 Å². The van der Waals surface area contributed by atoms with E-state index in [2.05, 4.69) is 21.8 Å². The number of aromatic amines is 2. The van der Waals surface area contributed by atoms with Gasteiger partial charge in [0.05, 0.1) is 46.0 Å². The van der Waals surface area contributed by atoms with Crippen molar-refractivity contribution in [2.24, 2.45) is 5.92 Å². The summed E-state index contributed by atoms with van der Waals surface area (Å²) >= 11 is 0. The van der Waals surface area contributed by atoms with Crippen molar-refractivity contribution in [2.45, 2.75) is 38.9 Å². The molecule has 3 N–H and O–H groups in total. The number of H-pyrrole nitrogens is 2. The lowest BCUT2D eigenvalue weighted by molar-refractivity contribution is 0.0499. The van der Waals surface area contributed by atoms with E-state index in [0.29, 0.717) is 46.0 Å². The maximum atomic E-state index is 14.7. The minimum absolute atomic E-state index is 0.0106. The number of hydrogen-bond acceptors (Lipinski definition) is 7. The molecular weight excluding hydrogens is 726 g/mol. The number of amides is 1. The van der Waals surface area contributed by atoms with Crippen molar-refractivity contribution in [1.82, 2.24) is 28.9 Å². The third kappa shape index (κ3) is 7.98. The number of carbonyl (C=O) groups is 2. The van der Waals surface area contributed by atoms with Gasteiger partial charge in [-0.15, -0.1) is 0 Å². The van der Waals surface area contributed by atoms with Gasteiger partial charge in [-0.2, -0.15) is 0 Å². The molecule has 0 spiro atoms. The van der Waals surface area contributed by atoms with Gasteiger partial charge in [0.2, 0.25) is 0 Å². The van der Waals surface area contributed by atoms with Crippen LogP contribution in [-0.4, -0.2) is 78.1 Å². The average molecular weight is 765 g/mol. The molecule has 288 valence electrons. The monoisotopic (exact) mass is 764 g/mol. The molecule has 0 radical (unpaired) electrons. The number of hydrogen-bond donors (Lipinski definition) is 3. The van der Waals surface area contributed by atoms with Crippen molar-refractivity contribution < 1.29 is 23.5 Å². The van der Waals surface area contributed by atoms with Gasteiger partial charge >= 0.3 is 17.3 Å². The molecular formula is C41H38F2N6O7. The van der Waals surface area contributed by atoms with E-state index in [1.165, 1.54) is 46.2 Å². The molecule has 1 atom stereocenters. The maximum absolute atomic E-state index is 14.7. The molecule has 2 aliphatic rings. The zero-order chi connectivity index (χ0) is 39.7. The molecule has 15 heteroatoms. The molecule has 4 aromatic carbocycles. The Kier molecular flexibility index (Phi) is 10.6. The predicted molar refractivity (Wildman–Crippen MR) is 205 cm³/mol. The van der Waals surface area contributed by atoms with Gasteiger partial charge in [0.15, 0.2) is 0 Å². The van der Waals surface area contributed by atoms with Crippen LogP contribution in [0.15, 0.2) is 104 Å². The summed E-state index contributed by atoms with van der Waals surface area (Å²) in [4.78, 5) is 81.3. The highest BCUT2D eigenvalue weighted by Crippen LogP contribution is 2.31. The number of rotatable bonds is 8. The summed E-state index contributed by atoms with van der Waals surface area (Å²) in [7, 11) is 0. The highest BCUT2D eigenvalue weighted by atomic mass is 19.1. The molecule has 0 bridgehead atoms. The van der Waals surface area contributed by atoms with Crippen molar-refractivity contribution in [1.29, 1.82) is 0 Å². The van der Waals surface area contributed by atoms with Crippen molar-refractivity contribution in [2.75, 3.05) is 26.2 Å². The summed E-state index contributed by atoms with van der Waals surface area (Å²) in [5.41, 5.74) is -0.606. The molecule has 1 saturated heterocycles. The number of piperazine rings is 1. The lowest BCUT2D eigenvalue weighted by Gasteiger charge is -2.40. The summed E-state index contributed by atoms with van der Waals surface area (Å²) in [6.45, 7) is 5.25. The van der Waals surface area contributed by atoms with Crippen LogP contribution in [0.25, 0.3) is 21.8 Å². The first-order chi connectivity index (χ1) is 26.9. The van der Waals surface area contributed by atoms with E-state index in [9.17, 15) is 37.5 Å². The number of halogens is 2. The number of carboxylic acids is 1. The number of para-hydroxylation sites is 2. The maximum Gasteiger partial charge on any atom is 0.338 e. The molecule has 1 aliphatic carbocycles. The summed E-state index contributed by atoms with van der Waals surface area (Å²) in [5, 5.41) is 9.70. The van der Waals surface area contributed by atoms with Gasteiger partial charge in [-0.25, -0.2) is 23.2 Å². The van der Waals surface area contributed by atoms with Crippen LogP contribution in [0.5, 0.6) is 0 Å². The zero-order valence-electron chi connectivity index (χ0n) is 30.3. The number of carbonyl (C=O) groups excluding carboxylic acids is 1. The van der Waals surface area contributed by atoms with Crippen LogP contribution >= 0.6 is 0 Å². The fourth-order valence-corrected chi connectivity index (χ4v) is 7.09. The second-order valence-corrected chi connectivity index (χ2v) is 14.2. The van der Waals surface area contributed by atoms with Crippen LogP contribution in [0.2, 0.25) is 0 Å². The molecule has 1 saturated carbocycles. The number of aromatic carboxylic acids is 1. The molecule has 2 fully saturated rings. The first-order valence-electron chi connectivity index (χ1n) is 18.1. The average Bonchev–Trinajstić information content (AvgIpc) is 4.01. The Hall–Kier alpha value is -6.48. The minimum atomic E-state index is -1.39. The second kappa shape index (κ2) is 15.7. The highest BCUT2D eigenvalue weighted by molar-refractivity contribution is 5.95. The van der Waals surface area contributed by atoms with E-state index >= 15 is 0 Å². The molecule has 6 aromatic rings. The third-order valence-corrected chi connectivity index (χ3v) is 10.3. The first kappa shape index (κ1) is 37.8. The van der Waals surface area contributed by atoms with Crippen LogP contribution in [0, 0.1) is 17.6 Å². The van der Waals surface area contributed by atoms with Gasteiger partial charge in [-0.1, -0.05) is 36.4 Å². The zero-order valence-corrected chi connectivity index (χ0v) is 30.3. The lowest BCUT2D eigenvalue weighted by Crippen LogP contribution is -2.54. The lowest BCUT2D eigenvalue weighted by atomic mass is 10.1. The Bertz CT molecular complexity index is 2740. The van der Waals surface area contributed by atoms with E-state index in [1.807, 2.05) is 0 Å². The van der Waals surface area contributed by atoms with Crippen molar-refractivity contribution >= 4 is 33.7 Å². The van der Waals surface area contributed by atoms with E-state index in [-0.39, 0.29) is 30.6 Å². The van der Waals surface area contributed by atoms with Gasteiger partial charge in [0, 0.05) is 32.2 Å². The van der Waals surface area contributed by atoms with Crippen LogP contribution < -0.4 is 22.5 Å². The number of fused-ring (bicyclic) bond motifs is 2. The third-order valence-electron chi connectivity index (χ3n) is 10.3. The summed E-state index contributed by atoms with van der Waals surface area (Å²) in [6.07, 6.45) is 2.58. The Labute approximate surface area is 317 Å². The molecule has 8 rings (SSSR count). The molecule has 1 aliphatic heterocycles. The molecule has 13 nitrogen and oxygen atoms in total.